The molecule has 2 aromatic rings. The van der Waals surface area contributed by atoms with Gasteiger partial charge in [-0.3, -0.25) is 4.57 Å². The zero-order valence-corrected chi connectivity index (χ0v) is 13.0. The van der Waals surface area contributed by atoms with Gasteiger partial charge >= 0.3 is 0 Å². The average Bonchev–Trinajstić information content (AvgIpc) is 2.81. The van der Waals surface area contributed by atoms with E-state index in [-0.39, 0.29) is 5.54 Å². The van der Waals surface area contributed by atoms with Crippen LogP contribution in [-0.2, 0) is 6.54 Å². The summed E-state index contributed by atoms with van der Waals surface area (Å²) in [5.41, 5.74) is 6.76. The predicted octanol–water partition coefficient (Wildman–Crippen LogP) is 1.78. The van der Waals surface area contributed by atoms with E-state index >= 15 is 0 Å². The lowest BCUT2D eigenvalue weighted by Crippen LogP contribution is -2.44. The average molecular weight is 286 g/mol. The van der Waals surface area contributed by atoms with Crippen molar-refractivity contribution in [2.45, 2.75) is 39.8 Å². The molecule has 0 aliphatic carbocycles. The molecule has 2 heterocycles. The Hall–Kier alpha value is -2.37. The van der Waals surface area contributed by atoms with Gasteiger partial charge in [0.15, 0.2) is 5.96 Å². The summed E-state index contributed by atoms with van der Waals surface area (Å²) in [6, 6.07) is 3.95. The Labute approximate surface area is 125 Å². The Bertz CT molecular complexity index is 618. The summed E-state index contributed by atoms with van der Waals surface area (Å²) in [6.07, 6.45) is 5.46. The van der Waals surface area contributed by atoms with Crippen molar-refractivity contribution >= 4 is 5.96 Å². The number of pyridine rings is 1. The zero-order valence-electron chi connectivity index (χ0n) is 13.0. The third kappa shape index (κ3) is 4.30. The maximum absolute atomic E-state index is 5.84. The topological polar surface area (TPSA) is 81.1 Å². The highest BCUT2D eigenvalue weighted by Gasteiger charge is 2.09. The molecule has 6 heteroatoms. The van der Waals surface area contributed by atoms with Gasteiger partial charge in [-0.25, -0.2) is 15.0 Å². The summed E-state index contributed by atoms with van der Waals surface area (Å²) in [5, 5.41) is 3.13. The number of hydrogen-bond acceptors (Lipinski definition) is 3. The lowest BCUT2D eigenvalue weighted by molar-refractivity contribution is 0.508. The molecule has 0 aromatic carbocycles. The fraction of sp³-hybridized carbons (Fsp3) is 0.400. The maximum Gasteiger partial charge on any atom is 0.189 e. The molecule has 0 spiro atoms. The van der Waals surface area contributed by atoms with Crippen LogP contribution in [0.5, 0.6) is 0 Å². The Morgan fingerprint density at radius 3 is 2.62 bits per heavy atom. The van der Waals surface area contributed by atoms with Crippen LogP contribution in [0.1, 0.15) is 32.2 Å². The molecule has 0 aliphatic heterocycles. The van der Waals surface area contributed by atoms with Crippen molar-refractivity contribution < 1.29 is 0 Å². The number of aromatic nitrogens is 3. The van der Waals surface area contributed by atoms with Crippen LogP contribution in [0.15, 0.2) is 35.7 Å². The fourth-order valence-electron chi connectivity index (χ4n) is 1.87. The van der Waals surface area contributed by atoms with Crippen molar-refractivity contribution in [3.8, 4) is 5.82 Å². The van der Waals surface area contributed by atoms with Crippen LogP contribution >= 0.6 is 0 Å². The van der Waals surface area contributed by atoms with Crippen LogP contribution in [0.3, 0.4) is 0 Å². The molecule has 2 rings (SSSR count). The molecular formula is C15H22N6. The second-order valence-corrected chi connectivity index (χ2v) is 5.95. The first kappa shape index (κ1) is 15.0. The smallest absolute Gasteiger partial charge is 0.189 e. The number of rotatable bonds is 3. The van der Waals surface area contributed by atoms with Crippen molar-refractivity contribution in [2.24, 2.45) is 10.7 Å². The number of guanidine groups is 1. The number of hydrogen-bond donors (Lipinski definition) is 2. The first-order chi connectivity index (χ1) is 9.85. The van der Waals surface area contributed by atoms with Crippen molar-refractivity contribution in [2.75, 3.05) is 0 Å². The van der Waals surface area contributed by atoms with E-state index in [1.54, 1.807) is 6.20 Å². The van der Waals surface area contributed by atoms with Crippen molar-refractivity contribution in [3.05, 3.63) is 42.1 Å². The highest BCUT2D eigenvalue weighted by Crippen LogP contribution is 2.09. The van der Waals surface area contributed by atoms with Gasteiger partial charge in [0.25, 0.3) is 0 Å². The van der Waals surface area contributed by atoms with Gasteiger partial charge < -0.3 is 11.1 Å². The van der Waals surface area contributed by atoms with Crippen LogP contribution in [0.25, 0.3) is 5.82 Å². The molecule has 0 bridgehead atoms. The van der Waals surface area contributed by atoms with Crippen LogP contribution in [0.2, 0.25) is 0 Å². The van der Waals surface area contributed by atoms with E-state index in [0.29, 0.717) is 12.5 Å². The van der Waals surface area contributed by atoms with Crippen molar-refractivity contribution in [1.82, 2.24) is 19.9 Å². The Morgan fingerprint density at radius 1 is 1.33 bits per heavy atom. The summed E-state index contributed by atoms with van der Waals surface area (Å²) in [6.45, 7) is 8.57. The normalized spacial score (nSPS) is 12.5. The van der Waals surface area contributed by atoms with Crippen LogP contribution < -0.4 is 11.1 Å². The molecule has 2 aromatic heterocycles. The van der Waals surface area contributed by atoms with Crippen LogP contribution in [0.4, 0.5) is 0 Å². The van der Waals surface area contributed by atoms with Gasteiger partial charge in [-0.15, -0.1) is 0 Å². The zero-order chi connectivity index (χ0) is 15.5. The maximum atomic E-state index is 5.84. The SMILES string of the molecule is Cc1nccn1-c1ccc(CN=C(N)NC(C)(C)C)cn1. The fourth-order valence-corrected chi connectivity index (χ4v) is 1.87. The second kappa shape index (κ2) is 5.95. The molecule has 0 unspecified atom stereocenters. The van der Waals surface area contributed by atoms with E-state index in [0.717, 1.165) is 17.2 Å². The van der Waals surface area contributed by atoms with E-state index in [1.165, 1.54) is 0 Å². The van der Waals surface area contributed by atoms with Gasteiger partial charge in [0, 0.05) is 24.1 Å². The van der Waals surface area contributed by atoms with Gasteiger partial charge in [0.05, 0.1) is 6.54 Å². The van der Waals surface area contributed by atoms with Gasteiger partial charge in [0.2, 0.25) is 0 Å². The van der Waals surface area contributed by atoms with Gasteiger partial charge in [-0.1, -0.05) is 6.07 Å². The number of aliphatic imine (C=N–C) groups is 1. The number of nitrogens with zero attached hydrogens (tertiary/aromatic N) is 4. The molecule has 0 aliphatic rings. The summed E-state index contributed by atoms with van der Waals surface area (Å²) in [5.74, 6) is 2.20. The highest BCUT2D eigenvalue weighted by atomic mass is 15.1. The molecule has 0 saturated carbocycles. The van der Waals surface area contributed by atoms with Crippen LogP contribution in [0, 0.1) is 6.92 Å². The largest absolute Gasteiger partial charge is 0.370 e. The van der Waals surface area contributed by atoms with Crippen molar-refractivity contribution in [3.63, 3.8) is 0 Å². The standard InChI is InChI=1S/C15H22N6/c1-11-17-7-8-21(11)13-6-5-12(9-18-13)10-19-14(16)20-15(2,3)4/h5-9H,10H2,1-4H3,(H3,16,19,20). The molecule has 0 fully saturated rings. The van der Waals surface area contributed by atoms with E-state index in [1.807, 2.05) is 56.8 Å². The minimum atomic E-state index is -0.0887. The summed E-state index contributed by atoms with van der Waals surface area (Å²) in [4.78, 5) is 12.9. The molecular weight excluding hydrogens is 264 g/mol. The van der Waals surface area contributed by atoms with Gasteiger partial charge in [0.1, 0.15) is 11.6 Å². The van der Waals surface area contributed by atoms with Crippen LogP contribution in [-0.4, -0.2) is 26.0 Å². The first-order valence-corrected chi connectivity index (χ1v) is 6.88. The molecule has 0 radical (unpaired) electrons. The Balaban J connectivity index is 2.03. The number of imidazole rings is 1. The molecule has 6 nitrogen and oxygen atoms in total. The minimum absolute atomic E-state index is 0.0887. The monoisotopic (exact) mass is 286 g/mol. The minimum Gasteiger partial charge on any atom is -0.370 e. The Morgan fingerprint density at radius 2 is 2.10 bits per heavy atom. The van der Waals surface area contributed by atoms with E-state index in [2.05, 4.69) is 20.3 Å². The third-order valence-corrected chi connectivity index (χ3v) is 2.82. The number of nitrogens with two attached hydrogens (primary N) is 1. The molecule has 3 N–H and O–H groups in total. The highest BCUT2D eigenvalue weighted by molar-refractivity contribution is 5.78. The van der Waals surface area contributed by atoms with Gasteiger partial charge in [-0.2, -0.15) is 0 Å². The molecule has 0 saturated heterocycles. The summed E-state index contributed by atoms with van der Waals surface area (Å²) < 4.78 is 1.93. The van der Waals surface area contributed by atoms with E-state index < -0.39 is 0 Å². The van der Waals surface area contributed by atoms with E-state index in [4.69, 9.17) is 5.73 Å². The molecule has 0 amide bonds. The molecule has 21 heavy (non-hydrogen) atoms. The number of aryl methyl sites for hydroxylation is 1. The molecule has 112 valence electrons. The predicted molar refractivity (Wildman–Crippen MR) is 84.3 cm³/mol. The van der Waals surface area contributed by atoms with Crippen molar-refractivity contribution in [1.29, 1.82) is 0 Å². The summed E-state index contributed by atoms with van der Waals surface area (Å²) in [7, 11) is 0. The first-order valence-electron chi connectivity index (χ1n) is 6.88. The lowest BCUT2D eigenvalue weighted by Gasteiger charge is -2.20. The molecule has 0 atom stereocenters. The van der Waals surface area contributed by atoms with Gasteiger partial charge in [-0.05, 0) is 39.3 Å². The summed E-state index contributed by atoms with van der Waals surface area (Å²) >= 11 is 0. The Kier molecular flexibility index (Phi) is 4.26. The quantitative estimate of drug-likeness (QED) is 0.665. The number of nitrogens with one attached hydrogen (secondary N) is 1. The van der Waals surface area contributed by atoms with E-state index in [9.17, 15) is 0 Å². The third-order valence-electron chi connectivity index (χ3n) is 2.82. The lowest BCUT2D eigenvalue weighted by atomic mass is 10.1. The second-order valence-electron chi connectivity index (χ2n) is 5.95.